The number of benzene rings is 10. The monoisotopic (exact) mass is 859 g/mol. The first kappa shape index (κ1) is 35.8. The van der Waals surface area contributed by atoms with Crippen molar-refractivity contribution >= 4 is 119 Å². The standard InChI is InChI=1S/C59H33N5OS/c1-3-15-36-29-50-45(27-34(36)13-1)46-28-35-14-2-4-16-37(35)30-51(46)63(50)39-32-47(56-44-20-7-11-23-52(44)65-53(56)33-39)58-60-57(38-25-26-43-42-19-8-12-24-54(42)66-55(43)31-38)61-59(62-58)64-48-21-9-5-17-40(48)41-18-6-10-22-49(41)64/h1-33H. The normalized spacial score (nSPS) is 12.2. The molecular weight excluding hydrogens is 827 g/mol. The molecule has 6 nitrogen and oxygen atoms in total. The maximum Gasteiger partial charge on any atom is 0.238 e. The van der Waals surface area contributed by atoms with E-state index >= 15 is 0 Å². The summed E-state index contributed by atoms with van der Waals surface area (Å²) in [4.78, 5) is 16.4. The number of nitrogens with zero attached hydrogens (tertiary/aromatic N) is 5. The minimum atomic E-state index is 0.546. The molecule has 5 heterocycles. The van der Waals surface area contributed by atoms with Gasteiger partial charge in [-0.3, -0.25) is 4.57 Å². The Kier molecular flexibility index (Phi) is 7.28. The molecule has 0 fully saturated rings. The van der Waals surface area contributed by atoms with Gasteiger partial charge in [0, 0.05) is 69.7 Å². The summed E-state index contributed by atoms with van der Waals surface area (Å²) in [5.41, 5.74) is 8.57. The van der Waals surface area contributed by atoms with E-state index in [1.165, 1.54) is 52.5 Å². The summed E-state index contributed by atoms with van der Waals surface area (Å²) in [5, 5.41) is 13.8. The molecule has 15 aromatic rings. The molecule has 0 amide bonds. The smallest absolute Gasteiger partial charge is 0.238 e. The molecule has 0 saturated carbocycles. The van der Waals surface area contributed by atoms with E-state index in [1.807, 2.05) is 12.1 Å². The number of rotatable bonds is 4. The van der Waals surface area contributed by atoms with Gasteiger partial charge in [0.25, 0.3) is 0 Å². The molecule has 0 bridgehead atoms. The topological polar surface area (TPSA) is 61.7 Å². The number of hydrogen-bond acceptors (Lipinski definition) is 5. The fourth-order valence-electron chi connectivity index (χ4n) is 10.5. The van der Waals surface area contributed by atoms with Gasteiger partial charge in [0.05, 0.1) is 27.8 Å². The lowest BCUT2D eigenvalue weighted by Crippen LogP contribution is -2.07. The number of furan rings is 1. The van der Waals surface area contributed by atoms with Gasteiger partial charge in [-0.15, -0.1) is 11.3 Å². The first-order valence-corrected chi connectivity index (χ1v) is 23.0. The van der Waals surface area contributed by atoms with Crippen LogP contribution in [0.5, 0.6) is 0 Å². The number of thiophene rings is 1. The highest BCUT2D eigenvalue weighted by molar-refractivity contribution is 7.25. The minimum absolute atomic E-state index is 0.546. The van der Waals surface area contributed by atoms with E-state index in [0.29, 0.717) is 17.6 Å². The maximum absolute atomic E-state index is 6.84. The van der Waals surface area contributed by atoms with Crippen LogP contribution in [0.1, 0.15) is 0 Å². The highest BCUT2D eigenvalue weighted by Gasteiger charge is 2.24. The zero-order valence-corrected chi connectivity index (χ0v) is 35.9. The van der Waals surface area contributed by atoms with Crippen LogP contribution in [0.2, 0.25) is 0 Å². The molecule has 0 aliphatic rings. The van der Waals surface area contributed by atoms with Crippen LogP contribution in [0.25, 0.3) is 142 Å². The third-order valence-corrected chi connectivity index (χ3v) is 14.6. The largest absolute Gasteiger partial charge is 0.456 e. The van der Waals surface area contributed by atoms with E-state index in [2.05, 4.69) is 197 Å². The van der Waals surface area contributed by atoms with E-state index in [9.17, 15) is 0 Å². The molecule has 0 N–H and O–H groups in total. The van der Waals surface area contributed by atoms with Gasteiger partial charge < -0.3 is 8.98 Å². The second kappa shape index (κ2) is 13.4. The Labute approximate surface area is 379 Å². The fourth-order valence-corrected chi connectivity index (χ4v) is 11.7. The summed E-state index contributed by atoms with van der Waals surface area (Å²) in [6.07, 6.45) is 0. The average Bonchev–Trinajstić information content (AvgIpc) is 4.12. The first-order chi connectivity index (χ1) is 32.7. The summed E-state index contributed by atoms with van der Waals surface area (Å²) in [6.45, 7) is 0. The van der Waals surface area contributed by atoms with Crippen LogP contribution < -0.4 is 0 Å². The lowest BCUT2D eigenvalue weighted by molar-refractivity contribution is 0.668. The molecular formula is C59H33N5OS. The Balaban J connectivity index is 1.06. The molecule has 66 heavy (non-hydrogen) atoms. The van der Waals surface area contributed by atoms with E-state index in [1.54, 1.807) is 11.3 Å². The van der Waals surface area contributed by atoms with Crippen LogP contribution in [0, 0.1) is 0 Å². The van der Waals surface area contributed by atoms with Crippen molar-refractivity contribution in [3.8, 4) is 34.4 Å². The molecule has 0 spiro atoms. The third-order valence-electron chi connectivity index (χ3n) is 13.5. The van der Waals surface area contributed by atoms with Crippen LogP contribution in [-0.2, 0) is 0 Å². The minimum Gasteiger partial charge on any atom is -0.456 e. The van der Waals surface area contributed by atoms with Crippen molar-refractivity contribution in [3.63, 3.8) is 0 Å². The van der Waals surface area contributed by atoms with Crippen LogP contribution in [-0.4, -0.2) is 24.1 Å². The molecule has 0 aliphatic heterocycles. The summed E-state index contributed by atoms with van der Waals surface area (Å²) < 4.78 is 13.9. The number of hydrogen-bond donors (Lipinski definition) is 0. The van der Waals surface area contributed by atoms with Crippen molar-refractivity contribution in [1.29, 1.82) is 0 Å². The van der Waals surface area contributed by atoms with Gasteiger partial charge in [0.2, 0.25) is 5.95 Å². The van der Waals surface area contributed by atoms with Gasteiger partial charge in [-0.2, -0.15) is 9.97 Å². The molecule has 0 unspecified atom stereocenters. The number of para-hydroxylation sites is 3. The summed E-state index contributed by atoms with van der Waals surface area (Å²) in [5.74, 6) is 1.70. The Morgan fingerprint density at radius 3 is 1.62 bits per heavy atom. The van der Waals surface area contributed by atoms with Gasteiger partial charge in [0.15, 0.2) is 11.6 Å². The van der Waals surface area contributed by atoms with Crippen molar-refractivity contribution in [1.82, 2.24) is 24.1 Å². The Bertz CT molecular complexity index is 4400. The molecule has 0 saturated heterocycles. The maximum atomic E-state index is 6.84. The quantitative estimate of drug-likeness (QED) is 0.177. The lowest BCUT2D eigenvalue weighted by atomic mass is 10.0. The predicted octanol–water partition coefficient (Wildman–Crippen LogP) is 16.0. The second-order valence-corrected chi connectivity index (χ2v) is 18.3. The van der Waals surface area contributed by atoms with E-state index in [-0.39, 0.29) is 0 Å². The molecule has 0 aliphatic carbocycles. The molecule has 15 rings (SSSR count). The first-order valence-electron chi connectivity index (χ1n) is 22.2. The molecule has 0 atom stereocenters. The van der Waals surface area contributed by atoms with Crippen LogP contribution >= 0.6 is 11.3 Å². The average molecular weight is 860 g/mol. The zero-order valence-electron chi connectivity index (χ0n) is 35.1. The SMILES string of the molecule is c1ccc2cc3c(cc2c1)c1cc2ccccc2cc1n3-c1cc(-c2nc(-c3ccc4c(c3)sc3ccccc34)nc(-n3c4ccccc4c4ccccc43)n2)c2c(c1)oc1ccccc12. The highest BCUT2D eigenvalue weighted by Crippen LogP contribution is 2.43. The van der Waals surface area contributed by atoms with Gasteiger partial charge >= 0.3 is 0 Å². The van der Waals surface area contributed by atoms with Gasteiger partial charge in [-0.1, -0.05) is 133 Å². The fraction of sp³-hybridized carbons (Fsp3) is 0. The Hall–Kier alpha value is -8.65. The van der Waals surface area contributed by atoms with Crippen molar-refractivity contribution in [3.05, 3.63) is 200 Å². The van der Waals surface area contributed by atoms with Gasteiger partial charge in [0.1, 0.15) is 11.2 Å². The lowest BCUT2D eigenvalue weighted by Gasteiger charge is -2.14. The zero-order chi connectivity index (χ0) is 43.0. The van der Waals surface area contributed by atoms with Crippen molar-refractivity contribution in [2.75, 3.05) is 0 Å². The number of aromatic nitrogens is 5. The Morgan fingerprint density at radius 2 is 0.924 bits per heavy atom. The predicted molar refractivity (Wildman–Crippen MR) is 275 cm³/mol. The van der Waals surface area contributed by atoms with E-state index in [0.717, 1.165) is 71.6 Å². The molecule has 0 radical (unpaired) electrons. The van der Waals surface area contributed by atoms with Crippen molar-refractivity contribution in [2.45, 2.75) is 0 Å². The summed E-state index contributed by atoms with van der Waals surface area (Å²) >= 11 is 1.79. The molecule has 7 heteroatoms. The second-order valence-electron chi connectivity index (χ2n) is 17.2. The summed E-state index contributed by atoms with van der Waals surface area (Å²) in [6, 6.07) is 71.5. The third kappa shape index (κ3) is 5.14. The molecule has 306 valence electrons. The highest BCUT2D eigenvalue weighted by atomic mass is 32.1. The molecule has 10 aromatic carbocycles. The summed E-state index contributed by atoms with van der Waals surface area (Å²) in [7, 11) is 0. The van der Waals surface area contributed by atoms with Gasteiger partial charge in [-0.25, -0.2) is 4.98 Å². The molecule has 5 aromatic heterocycles. The van der Waals surface area contributed by atoms with Crippen molar-refractivity contribution in [2.24, 2.45) is 0 Å². The number of fused-ring (bicyclic) bond motifs is 14. The van der Waals surface area contributed by atoms with Crippen LogP contribution in [0.15, 0.2) is 205 Å². The van der Waals surface area contributed by atoms with E-state index < -0.39 is 0 Å². The van der Waals surface area contributed by atoms with Crippen LogP contribution in [0.3, 0.4) is 0 Å². The van der Waals surface area contributed by atoms with Crippen molar-refractivity contribution < 1.29 is 4.42 Å². The van der Waals surface area contributed by atoms with Gasteiger partial charge in [-0.05, 0) is 82.2 Å². The Morgan fingerprint density at radius 1 is 0.364 bits per heavy atom. The van der Waals surface area contributed by atoms with Crippen LogP contribution in [0.4, 0.5) is 0 Å². The van der Waals surface area contributed by atoms with E-state index in [4.69, 9.17) is 19.4 Å².